The number of aryl methyl sites for hydroxylation is 1. The Labute approximate surface area is 172 Å². The van der Waals surface area contributed by atoms with Gasteiger partial charge < -0.3 is 14.4 Å². The largest absolute Gasteiger partial charge is 0.463 e. The molecule has 7 nitrogen and oxygen atoms in total. The van der Waals surface area contributed by atoms with Crippen LogP contribution in [0.5, 0.6) is 0 Å². The third kappa shape index (κ3) is 5.21. The van der Waals surface area contributed by atoms with Crippen molar-refractivity contribution < 1.29 is 19.1 Å². The minimum atomic E-state index is -0.538. The molecule has 0 spiro atoms. The van der Waals surface area contributed by atoms with Gasteiger partial charge in [-0.1, -0.05) is 24.3 Å². The molecule has 154 valence electrons. The van der Waals surface area contributed by atoms with Crippen LogP contribution in [0.4, 0.5) is 0 Å². The van der Waals surface area contributed by atoms with Crippen molar-refractivity contribution in [2.45, 2.75) is 20.4 Å². The molecule has 1 saturated heterocycles. The summed E-state index contributed by atoms with van der Waals surface area (Å²) in [4.78, 5) is 39.4. The van der Waals surface area contributed by atoms with E-state index in [1.54, 1.807) is 17.9 Å². The van der Waals surface area contributed by atoms with Crippen molar-refractivity contribution in [1.29, 1.82) is 0 Å². The van der Waals surface area contributed by atoms with E-state index in [0.717, 1.165) is 11.1 Å². The van der Waals surface area contributed by atoms with Gasteiger partial charge in [0.05, 0.1) is 30.4 Å². The first-order valence-corrected chi connectivity index (χ1v) is 10.3. The van der Waals surface area contributed by atoms with Gasteiger partial charge in [-0.05, 0) is 31.1 Å². The third-order valence-corrected chi connectivity index (χ3v) is 5.66. The molecule has 2 aromatic rings. The summed E-state index contributed by atoms with van der Waals surface area (Å²) in [5.74, 6) is -0.710. The number of nitrogens with zero attached hydrogens (tertiary/aromatic N) is 2. The SMILES string of the molecule is CCOC(=O)C=c1sc(=Cc2ccccc2C)c(=O)n1CC(=O)N1CCOCC1. The number of rotatable bonds is 5. The summed E-state index contributed by atoms with van der Waals surface area (Å²) in [6.07, 6.45) is 3.07. The van der Waals surface area contributed by atoms with Crippen LogP contribution in [0, 0.1) is 6.92 Å². The highest BCUT2D eigenvalue weighted by Crippen LogP contribution is 2.07. The van der Waals surface area contributed by atoms with Crippen LogP contribution in [0.2, 0.25) is 0 Å². The molecule has 2 heterocycles. The Bertz CT molecular complexity index is 1060. The van der Waals surface area contributed by atoms with E-state index in [2.05, 4.69) is 0 Å². The summed E-state index contributed by atoms with van der Waals surface area (Å²) in [5, 5.41) is 0. The summed E-state index contributed by atoms with van der Waals surface area (Å²) >= 11 is 1.18. The van der Waals surface area contributed by atoms with Crippen molar-refractivity contribution in [2.24, 2.45) is 0 Å². The van der Waals surface area contributed by atoms with Crippen molar-refractivity contribution in [3.8, 4) is 0 Å². The van der Waals surface area contributed by atoms with E-state index in [1.165, 1.54) is 22.0 Å². The van der Waals surface area contributed by atoms with E-state index in [9.17, 15) is 14.4 Å². The van der Waals surface area contributed by atoms with Gasteiger partial charge in [0.1, 0.15) is 11.2 Å². The fourth-order valence-corrected chi connectivity index (χ4v) is 4.04. The summed E-state index contributed by atoms with van der Waals surface area (Å²) in [6, 6.07) is 7.72. The van der Waals surface area contributed by atoms with Crippen molar-refractivity contribution in [3.63, 3.8) is 0 Å². The number of hydrogen-bond acceptors (Lipinski definition) is 6. The smallest absolute Gasteiger partial charge is 0.333 e. The van der Waals surface area contributed by atoms with E-state index >= 15 is 0 Å². The molecule has 0 atom stereocenters. The zero-order valence-electron chi connectivity index (χ0n) is 16.6. The number of morpholine rings is 1. The predicted octanol–water partition coefficient (Wildman–Crippen LogP) is 0.249. The van der Waals surface area contributed by atoms with Crippen LogP contribution in [0.3, 0.4) is 0 Å². The van der Waals surface area contributed by atoms with E-state index in [0.29, 0.717) is 35.5 Å². The minimum absolute atomic E-state index is 0.123. The summed E-state index contributed by atoms with van der Waals surface area (Å²) in [5.41, 5.74) is 1.66. The molecule has 0 bridgehead atoms. The van der Waals surface area contributed by atoms with Gasteiger partial charge >= 0.3 is 5.97 Å². The zero-order chi connectivity index (χ0) is 20.8. The highest BCUT2D eigenvalue weighted by Gasteiger charge is 2.19. The predicted molar refractivity (Wildman–Crippen MR) is 111 cm³/mol. The highest BCUT2D eigenvalue weighted by molar-refractivity contribution is 7.07. The van der Waals surface area contributed by atoms with Crippen LogP contribution in [0.15, 0.2) is 29.1 Å². The fraction of sp³-hybridized carbons (Fsp3) is 0.381. The Morgan fingerprint density at radius 2 is 1.97 bits per heavy atom. The van der Waals surface area contributed by atoms with Gasteiger partial charge in [0.25, 0.3) is 5.56 Å². The second-order valence-electron chi connectivity index (χ2n) is 6.59. The molecule has 3 rings (SSSR count). The lowest BCUT2D eigenvalue weighted by Gasteiger charge is -2.26. The number of carbonyl (C=O) groups excluding carboxylic acids is 2. The van der Waals surface area contributed by atoms with Crippen molar-refractivity contribution in [1.82, 2.24) is 9.47 Å². The topological polar surface area (TPSA) is 77.8 Å². The van der Waals surface area contributed by atoms with E-state index in [-0.39, 0.29) is 24.6 Å². The van der Waals surface area contributed by atoms with E-state index in [4.69, 9.17) is 9.47 Å². The molecular formula is C21H24N2O5S. The van der Waals surface area contributed by atoms with Gasteiger partial charge in [-0.15, -0.1) is 11.3 Å². The molecule has 0 saturated carbocycles. The molecule has 1 aliphatic rings. The monoisotopic (exact) mass is 416 g/mol. The van der Waals surface area contributed by atoms with Gasteiger partial charge in [0.2, 0.25) is 5.91 Å². The second kappa shape index (κ2) is 9.67. The number of amides is 1. The van der Waals surface area contributed by atoms with E-state index in [1.807, 2.05) is 31.2 Å². The Kier molecular flexibility index (Phi) is 7.00. The van der Waals surface area contributed by atoms with Crippen LogP contribution < -0.4 is 14.8 Å². The van der Waals surface area contributed by atoms with Crippen LogP contribution in [0.25, 0.3) is 12.2 Å². The van der Waals surface area contributed by atoms with Crippen molar-refractivity contribution in [3.05, 3.63) is 54.9 Å². The number of benzene rings is 1. The van der Waals surface area contributed by atoms with Crippen molar-refractivity contribution >= 4 is 35.4 Å². The fourth-order valence-electron chi connectivity index (χ4n) is 3.02. The molecule has 1 fully saturated rings. The molecule has 0 unspecified atom stereocenters. The summed E-state index contributed by atoms with van der Waals surface area (Å²) in [6.45, 7) is 5.75. The van der Waals surface area contributed by atoms with Gasteiger partial charge in [0, 0.05) is 13.1 Å². The zero-order valence-corrected chi connectivity index (χ0v) is 17.4. The molecule has 1 aromatic carbocycles. The standard InChI is InChI=1S/C21H24N2O5S/c1-3-28-20(25)13-19-23(14-18(24)22-8-10-27-11-9-22)21(26)17(29-19)12-16-7-5-4-6-15(16)2/h4-7,12-13H,3,8-11,14H2,1-2H3. The Balaban J connectivity index is 2.04. The lowest BCUT2D eigenvalue weighted by Crippen LogP contribution is -2.45. The highest BCUT2D eigenvalue weighted by atomic mass is 32.1. The Morgan fingerprint density at radius 3 is 2.66 bits per heavy atom. The van der Waals surface area contributed by atoms with Gasteiger partial charge in [-0.25, -0.2) is 4.79 Å². The molecule has 1 amide bonds. The molecule has 29 heavy (non-hydrogen) atoms. The van der Waals surface area contributed by atoms with Crippen LogP contribution in [0.1, 0.15) is 18.1 Å². The molecule has 0 N–H and O–H groups in total. The van der Waals surface area contributed by atoms with Crippen LogP contribution >= 0.6 is 11.3 Å². The first-order chi connectivity index (χ1) is 14.0. The molecular weight excluding hydrogens is 392 g/mol. The maximum atomic E-state index is 13.0. The number of carbonyl (C=O) groups is 2. The maximum Gasteiger partial charge on any atom is 0.333 e. The lowest BCUT2D eigenvalue weighted by atomic mass is 10.1. The number of aromatic nitrogens is 1. The van der Waals surface area contributed by atoms with Crippen molar-refractivity contribution in [2.75, 3.05) is 32.9 Å². The average Bonchev–Trinajstić information content (AvgIpc) is 2.99. The first-order valence-electron chi connectivity index (χ1n) is 9.50. The second-order valence-corrected chi connectivity index (χ2v) is 7.65. The molecule has 1 aromatic heterocycles. The Hall–Kier alpha value is -2.71. The Morgan fingerprint density at radius 1 is 1.24 bits per heavy atom. The van der Waals surface area contributed by atoms with Gasteiger partial charge in [0.15, 0.2) is 0 Å². The third-order valence-electron chi connectivity index (χ3n) is 4.60. The maximum absolute atomic E-state index is 13.0. The van der Waals surface area contributed by atoms with E-state index < -0.39 is 5.97 Å². The quantitative estimate of drug-likeness (QED) is 0.653. The molecule has 0 radical (unpaired) electrons. The molecule has 8 heteroatoms. The number of ether oxygens (including phenoxy) is 2. The minimum Gasteiger partial charge on any atom is -0.463 e. The number of thiazole rings is 1. The summed E-state index contributed by atoms with van der Waals surface area (Å²) in [7, 11) is 0. The van der Waals surface area contributed by atoms with Gasteiger partial charge in [-0.3, -0.25) is 14.2 Å². The van der Waals surface area contributed by atoms with Crippen LogP contribution in [-0.4, -0.2) is 54.3 Å². The number of esters is 1. The lowest BCUT2D eigenvalue weighted by molar-refractivity contribution is -0.136. The molecule has 0 aliphatic carbocycles. The number of hydrogen-bond donors (Lipinski definition) is 0. The normalized spacial score (nSPS) is 15.6. The molecule has 1 aliphatic heterocycles. The summed E-state index contributed by atoms with van der Waals surface area (Å²) < 4.78 is 12.5. The van der Waals surface area contributed by atoms with Crippen LogP contribution in [-0.2, 0) is 25.6 Å². The first kappa shape index (κ1) is 21.0. The average molecular weight is 416 g/mol. The van der Waals surface area contributed by atoms with Gasteiger partial charge in [-0.2, -0.15) is 0 Å².